The molecule has 2 unspecified atom stereocenters. The molecule has 1 aliphatic heterocycles. The number of ether oxygens (including phenoxy) is 1. The molecule has 1 saturated heterocycles. The molecule has 1 fully saturated rings. The Labute approximate surface area is 103 Å². The van der Waals surface area contributed by atoms with Gasteiger partial charge in [0.1, 0.15) is 11.7 Å². The van der Waals surface area contributed by atoms with Crippen molar-refractivity contribution in [2.24, 2.45) is 0 Å². The Morgan fingerprint density at radius 3 is 2.89 bits per heavy atom. The highest BCUT2D eigenvalue weighted by Crippen LogP contribution is 2.20. The number of carbonyl (C=O) groups excluding carboxylic acids is 2. The van der Waals surface area contributed by atoms with Gasteiger partial charge in [-0.3, -0.25) is 9.78 Å². The van der Waals surface area contributed by atoms with Crippen LogP contribution in [0.25, 0.3) is 0 Å². The molecule has 96 valence electrons. The van der Waals surface area contributed by atoms with Crippen LogP contribution in [-0.4, -0.2) is 57.7 Å². The Hall–Kier alpha value is -2.02. The van der Waals surface area contributed by atoms with Crippen molar-refractivity contribution < 1.29 is 19.4 Å². The predicted octanol–water partition coefficient (Wildman–Crippen LogP) is -0.775. The van der Waals surface area contributed by atoms with Crippen molar-refractivity contribution in [3.63, 3.8) is 0 Å². The summed E-state index contributed by atoms with van der Waals surface area (Å²) in [5.41, 5.74) is 0.139. The molecule has 0 aromatic carbocycles. The number of methoxy groups -OCH3 is 1. The van der Waals surface area contributed by atoms with E-state index in [0.717, 1.165) is 0 Å². The lowest BCUT2D eigenvalue weighted by atomic mass is 10.2. The van der Waals surface area contributed by atoms with Gasteiger partial charge in [0.25, 0.3) is 5.91 Å². The van der Waals surface area contributed by atoms with Crippen LogP contribution >= 0.6 is 0 Å². The summed E-state index contributed by atoms with van der Waals surface area (Å²) in [6.45, 7) is 0.0924. The van der Waals surface area contributed by atoms with Gasteiger partial charge < -0.3 is 14.7 Å². The lowest BCUT2D eigenvalue weighted by Gasteiger charge is -2.21. The highest BCUT2D eigenvalue weighted by Gasteiger charge is 2.40. The van der Waals surface area contributed by atoms with Crippen LogP contribution in [-0.2, 0) is 9.53 Å². The van der Waals surface area contributed by atoms with Crippen molar-refractivity contribution in [3.05, 3.63) is 24.3 Å². The Kier molecular flexibility index (Phi) is 3.52. The van der Waals surface area contributed by atoms with Crippen LogP contribution in [0, 0.1) is 0 Å². The van der Waals surface area contributed by atoms with E-state index >= 15 is 0 Å². The van der Waals surface area contributed by atoms with Gasteiger partial charge in [-0.2, -0.15) is 0 Å². The minimum atomic E-state index is -0.764. The fourth-order valence-electron chi connectivity index (χ4n) is 1.95. The van der Waals surface area contributed by atoms with Gasteiger partial charge in [-0.25, -0.2) is 9.78 Å². The summed E-state index contributed by atoms with van der Waals surface area (Å²) in [5, 5.41) is 9.57. The number of hydrogen-bond donors (Lipinski definition) is 1. The minimum Gasteiger partial charge on any atom is -0.467 e. The van der Waals surface area contributed by atoms with Crippen LogP contribution in [0.15, 0.2) is 18.6 Å². The van der Waals surface area contributed by atoms with Gasteiger partial charge in [-0.15, -0.1) is 0 Å². The van der Waals surface area contributed by atoms with Crippen molar-refractivity contribution in [1.82, 2.24) is 14.9 Å². The first-order chi connectivity index (χ1) is 8.63. The number of likely N-dealkylation sites (tertiary alicyclic amines) is 1. The van der Waals surface area contributed by atoms with E-state index < -0.39 is 24.0 Å². The minimum absolute atomic E-state index is 0.0924. The van der Waals surface area contributed by atoms with Crippen molar-refractivity contribution in [3.8, 4) is 0 Å². The first-order valence-corrected chi connectivity index (χ1v) is 5.46. The summed E-state index contributed by atoms with van der Waals surface area (Å²) in [7, 11) is 1.25. The van der Waals surface area contributed by atoms with Crippen molar-refractivity contribution >= 4 is 11.9 Å². The molecule has 18 heavy (non-hydrogen) atoms. The Morgan fingerprint density at radius 2 is 2.28 bits per heavy atom. The van der Waals surface area contributed by atoms with E-state index in [9.17, 15) is 14.7 Å². The highest BCUT2D eigenvalue weighted by molar-refractivity contribution is 5.95. The van der Waals surface area contributed by atoms with E-state index in [-0.39, 0.29) is 18.7 Å². The maximum absolute atomic E-state index is 12.1. The van der Waals surface area contributed by atoms with E-state index in [0.29, 0.717) is 0 Å². The van der Waals surface area contributed by atoms with Crippen molar-refractivity contribution in [2.75, 3.05) is 13.7 Å². The fraction of sp³-hybridized carbons (Fsp3) is 0.455. The maximum atomic E-state index is 12.1. The second-order valence-corrected chi connectivity index (χ2v) is 3.98. The Morgan fingerprint density at radius 1 is 1.50 bits per heavy atom. The summed E-state index contributed by atoms with van der Waals surface area (Å²) >= 11 is 0. The Bertz CT molecular complexity index is 451. The van der Waals surface area contributed by atoms with Crippen LogP contribution in [0.1, 0.15) is 16.9 Å². The molecule has 1 N–H and O–H groups in total. The number of β-amino-alcohol motifs (C(OH)–C–C–N with tert-alkyl or cyclic N) is 1. The third kappa shape index (κ3) is 2.30. The van der Waals surface area contributed by atoms with Crippen molar-refractivity contribution in [2.45, 2.75) is 18.6 Å². The number of aromatic nitrogens is 2. The fourth-order valence-corrected chi connectivity index (χ4v) is 1.95. The molecule has 0 radical (unpaired) electrons. The zero-order chi connectivity index (χ0) is 13.1. The second-order valence-electron chi connectivity index (χ2n) is 3.98. The first-order valence-electron chi connectivity index (χ1n) is 5.46. The summed E-state index contributed by atoms with van der Waals surface area (Å²) in [4.78, 5) is 32.6. The van der Waals surface area contributed by atoms with Crippen LogP contribution in [0.3, 0.4) is 0 Å². The number of esters is 1. The van der Waals surface area contributed by atoms with Crippen LogP contribution < -0.4 is 0 Å². The van der Waals surface area contributed by atoms with Crippen LogP contribution in [0.5, 0.6) is 0 Å². The Balaban J connectivity index is 2.21. The summed E-state index contributed by atoms with van der Waals surface area (Å²) in [5.74, 6) is -0.973. The highest BCUT2D eigenvalue weighted by atomic mass is 16.5. The SMILES string of the molecule is COC(=O)C1CC(O)CN1C(=O)c1cnccn1. The monoisotopic (exact) mass is 251 g/mol. The molecule has 1 aliphatic rings. The average Bonchev–Trinajstić information content (AvgIpc) is 2.80. The zero-order valence-corrected chi connectivity index (χ0v) is 9.81. The van der Waals surface area contributed by atoms with E-state index in [1.807, 2.05) is 0 Å². The zero-order valence-electron chi connectivity index (χ0n) is 9.81. The number of hydrogen-bond acceptors (Lipinski definition) is 6. The molecule has 1 aromatic rings. The lowest BCUT2D eigenvalue weighted by molar-refractivity contribution is -0.145. The molecule has 1 aromatic heterocycles. The quantitative estimate of drug-likeness (QED) is 0.693. The largest absolute Gasteiger partial charge is 0.467 e. The van der Waals surface area contributed by atoms with Gasteiger partial charge in [-0.05, 0) is 0 Å². The molecule has 0 bridgehead atoms. The standard InChI is InChI=1S/C11H13N3O4/c1-18-11(17)9-4-7(15)6-14(9)10(16)8-5-12-2-3-13-8/h2-3,5,7,9,15H,4,6H2,1H3. The van der Waals surface area contributed by atoms with Crippen LogP contribution in [0.2, 0.25) is 0 Å². The summed E-state index contributed by atoms with van der Waals surface area (Å²) in [6.07, 6.45) is 3.62. The normalized spacial score (nSPS) is 22.9. The smallest absolute Gasteiger partial charge is 0.328 e. The molecular weight excluding hydrogens is 238 g/mol. The van der Waals surface area contributed by atoms with Gasteiger partial charge in [-0.1, -0.05) is 0 Å². The second kappa shape index (κ2) is 5.09. The topological polar surface area (TPSA) is 92.6 Å². The molecule has 7 heteroatoms. The number of nitrogens with zero attached hydrogens (tertiary/aromatic N) is 3. The van der Waals surface area contributed by atoms with E-state index in [1.54, 1.807) is 0 Å². The van der Waals surface area contributed by atoms with E-state index in [2.05, 4.69) is 14.7 Å². The predicted molar refractivity (Wildman–Crippen MR) is 59.5 cm³/mol. The number of rotatable bonds is 2. The average molecular weight is 251 g/mol. The molecule has 2 heterocycles. The number of aliphatic hydroxyl groups excluding tert-OH is 1. The van der Waals surface area contributed by atoms with E-state index in [4.69, 9.17) is 0 Å². The lowest BCUT2D eigenvalue weighted by Crippen LogP contribution is -2.41. The number of amides is 1. The maximum Gasteiger partial charge on any atom is 0.328 e. The molecule has 2 rings (SSSR count). The van der Waals surface area contributed by atoms with Gasteiger partial charge in [0.15, 0.2) is 0 Å². The molecule has 0 aliphatic carbocycles. The van der Waals surface area contributed by atoms with Gasteiger partial charge in [0.05, 0.1) is 19.4 Å². The molecule has 1 amide bonds. The van der Waals surface area contributed by atoms with Gasteiger partial charge >= 0.3 is 5.97 Å². The number of aliphatic hydroxyl groups is 1. The van der Waals surface area contributed by atoms with E-state index in [1.165, 1.54) is 30.6 Å². The number of carbonyl (C=O) groups is 2. The summed E-state index contributed by atoms with van der Waals surface area (Å²) < 4.78 is 4.62. The van der Waals surface area contributed by atoms with Gasteiger partial charge in [0, 0.05) is 25.4 Å². The molecular formula is C11H13N3O4. The first kappa shape index (κ1) is 12.4. The third-order valence-electron chi connectivity index (χ3n) is 2.80. The molecule has 7 nitrogen and oxygen atoms in total. The van der Waals surface area contributed by atoms with Crippen LogP contribution in [0.4, 0.5) is 0 Å². The molecule has 2 atom stereocenters. The third-order valence-corrected chi connectivity index (χ3v) is 2.80. The molecule has 0 saturated carbocycles. The van der Waals surface area contributed by atoms with Gasteiger partial charge in [0.2, 0.25) is 0 Å². The summed E-state index contributed by atoms with van der Waals surface area (Å²) in [6, 6.07) is -0.764. The van der Waals surface area contributed by atoms with Crippen molar-refractivity contribution in [1.29, 1.82) is 0 Å². The molecule has 0 spiro atoms.